The highest BCUT2D eigenvalue weighted by Gasteiger charge is 2.16. The highest BCUT2D eigenvalue weighted by Crippen LogP contribution is 2.16. The first-order chi connectivity index (χ1) is 6.67. The fourth-order valence-electron chi connectivity index (χ4n) is 0.979. The van der Waals surface area contributed by atoms with Gasteiger partial charge in [0, 0.05) is 14.2 Å². The Hall–Kier alpha value is -0.650. The summed E-state index contributed by atoms with van der Waals surface area (Å²) in [5, 5.41) is 0. The van der Waals surface area contributed by atoms with Crippen molar-refractivity contribution in [3.63, 3.8) is 0 Å². The summed E-state index contributed by atoms with van der Waals surface area (Å²) < 4.78 is 15.4. The highest BCUT2D eigenvalue weighted by atomic mass is 79.9. The molecule has 0 N–H and O–H groups in total. The molecule has 14 heavy (non-hydrogen) atoms. The Bertz CT molecular complexity index is 304. The predicted octanol–water partition coefficient (Wildman–Crippen LogP) is 2.23. The number of rotatable bonds is 5. The zero-order chi connectivity index (χ0) is 10.6. The van der Waals surface area contributed by atoms with E-state index in [1.165, 1.54) is 14.2 Å². The van der Waals surface area contributed by atoms with Gasteiger partial charge in [-0.25, -0.2) is 0 Å². The van der Waals surface area contributed by atoms with Crippen LogP contribution in [0, 0.1) is 0 Å². The molecule has 0 amide bonds. The second-order valence-electron chi connectivity index (χ2n) is 2.63. The number of furan rings is 1. The van der Waals surface area contributed by atoms with Crippen molar-refractivity contribution in [2.24, 2.45) is 0 Å². The molecule has 0 fully saturated rings. The van der Waals surface area contributed by atoms with Gasteiger partial charge in [-0.05, 0) is 28.1 Å². The van der Waals surface area contributed by atoms with Crippen molar-refractivity contribution in [2.45, 2.75) is 12.7 Å². The van der Waals surface area contributed by atoms with Crippen molar-refractivity contribution >= 4 is 21.7 Å². The van der Waals surface area contributed by atoms with E-state index in [0.717, 1.165) is 0 Å². The van der Waals surface area contributed by atoms with Crippen LogP contribution in [0.2, 0.25) is 0 Å². The Balaban J connectivity index is 2.58. The molecule has 4 nitrogen and oxygen atoms in total. The molecule has 0 spiro atoms. The fourth-order valence-corrected chi connectivity index (χ4v) is 1.29. The van der Waals surface area contributed by atoms with Crippen LogP contribution in [-0.4, -0.2) is 26.3 Å². The average Bonchev–Trinajstić information content (AvgIpc) is 2.61. The summed E-state index contributed by atoms with van der Waals surface area (Å²) >= 11 is 3.12. The van der Waals surface area contributed by atoms with Crippen LogP contribution in [-0.2, 0) is 9.47 Å². The number of methoxy groups -OCH3 is 2. The first kappa shape index (κ1) is 11.4. The minimum Gasteiger partial charge on any atom is -0.446 e. The maximum atomic E-state index is 11.5. The average molecular weight is 263 g/mol. The zero-order valence-electron chi connectivity index (χ0n) is 7.95. The molecule has 0 bridgehead atoms. The Kier molecular flexibility index (Phi) is 4.31. The number of ketones is 1. The predicted molar refractivity (Wildman–Crippen MR) is 53.2 cm³/mol. The summed E-state index contributed by atoms with van der Waals surface area (Å²) in [6, 6.07) is 3.27. The van der Waals surface area contributed by atoms with E-state index in [2.05, 4.69) is 15.9 Å². The van der Waals surface area contributed by atoms with Gasteiger partial charge in [-0.3, -0.25) is 4.79 Å². The molecule has 1 aromatic rings. The lowest BCUT2D eigenvalue weighted by Crippen LogP contribution is -2.17. The smallest absolute Gasteiger partial charge is 0.203 e. The maximum Gasteiger partial charge on any atom is 0.203 e. The third-order valence-corrected chi connectivity index (χ3v) is 2.15. The lowest BCUT2D eigenvalue weighted by atomic mass is 10.2. The lowest BCUT2D eigenvalue weighted by Gasteiger charge is -2.10. The van der Waals surface area contributed by atoms with Gasteiger partial charge in [0.05, 0.1) is 6.42 Å². The third kappa shape index (κ3) is 2.94. The summed E-state index contributed by atoms with van der Waals surface area (Å²) in [6.07, 6.45) is -0.376. The molecule has 1 rings (SSSR count). The highest BCUT2D eigenvalue weighted by molar-refractivity contribution is 9.10. The van der Waals surface area contributed by atoms with E-state index in [4.69, 9.17) is 13.9 Å². The second-order valence-corrected chi connectivity index (χ2v) is 3.41. The van der Waals surface area contributed by atoms with Crippen molar-refractivity contribution in [3.8, 4) is 0 Å². The Labute approximate surface area is 90.3 Å². The molecular weight excluding hydrogens is 252 g/mol. The number of hydrogen-bond donors (Lipinski definition) is 0. The molecule has 0 aromatic carbocycles. The standard InChI is InChI=1S/C9H11BrO4/c1-12-9(13-2)5-6(11)7-3-4-8(10)14-7/h3-4,9H,5H2,1-2H3. The SMILES string of the molecule is COC(CC(=O)c1ccc(Br)o1)OC. The number of halogens is 1. The molecule has 0 saturated carbocycles. The van der Waals surface area contributed by atoms with Crippen LogP contribution < -0.4 is 0 Å². The lowest BCUT2D eigenvalue weighted by molar-refractivity contribution is -0.0995. The normalized spacial score (nSPS) is 10.9. The molecule has 0 unspecified atom stereocenters. The first-order valence-corrected chi connectivity index (χ1v) is 4.80. The van der Waals surface area contributed by atoms with Crippen molar-refractivity contribution in [1.82, 2.24) is 0 Å². The van der Waals surface area contributed by atoms with Crippen molar-refractivity contribution in [3.05, 3.63) is 22.6 Å². The Morgan fingerprint density at radius 2 is 2.14 bits per heavy atom. The van der Waals surface area contributed by atoms with E-state index in [0.29, 0.717) is 10.4 Å². The van der Waals surface area contributed by atoms with E-state index in [9.17, 15) is 4.79 Å². The van der Waals surface area contributed by atoms with E-state index in [-0.39, 0.29) is 12.2 Å². The summed E-state index contributed by atoms with van der Waals surface area (Å²) in [4.78, 5) is 11.5. The van der Waals surface area contributed by atoms with Crippen LogP contribution in [0.5, 0.6) is 0 Å². The van der Waals surface area contributed by atoms with Crippen molar-refractivity contribution in [1.29, 1.82) is 0 Å². The first-order valence-electron chi connectivity index (χ1n) is 4.01. The van der Waals surface area contributed by atoms with Crippen LogP contribution in [0.4, 0.5) is 0 Å². The van der Waals surface area contributed by atoms with E-state index >= 15 is 0 Å². The molecule has 1 aromatic heterocycles. The molecule has 0 aliphatic heterocycles. The number of hydrogen-bond acceptors (Lipinski definition) is 4. The van der Waals surface area contributed by atoms with Gasteiger partial charge in [-0.2, -0.15) is 0 Å². The van der Waals surface area contributed by atoms with E-state index in [1.54, 1.807) is 12.1 Å². The molecule has 0 radical (unpaired) electrons. The summed E-state index contributed by atoms with van der Waals surface area (Å²) in [6.45, 7) is 0. The van der Waals surface area contributed by atoms with Gasteiger partial charge in [-0.1, -0.05) is 0 Å². The van der Waals surface area contributed by atoms with Crippen LogP contribution >= 0.6 is 15.9 Å². The van der Waals surface area contributed by atoms with Gasteiger partial charge in [0.25, 0.3) is 0 Å². The van der Waals surface area contributed by atoms with Crippen LogP contribution in [0.1, 0.15) is 17.0 Å². The third-order valence-electron chi connectivity index (χ3n) is 1.73. The molecule has 0 saturated heterocycles. The number of carbonyl (C=O) groups excluding carboxylic acids is 1. The fraction of sp³-hybridized carbons (Fsp3) is 0.444. The van der Waals surface area contributed by atoms with Crippen molar-refractivity contribution < 1.29 is 18.7 Å². The minimum atomic E-state index is -0.522. The Morgan fingerprint density at radius 3 is 2.57 bits per heavy atom. The maximum absolute atomic E-state index is 11.5. The molecule has 0 aliphatic carbocycles. The molecule has 0 atom stereocenters. The monoisotopic (exact) mass is 262 g/mol. The van der Waals surface area contributed by atoms with Crippen molar-refractivity contribution in [2.75, 3.05) is 14.2 Å². The van der Waals surface area contributed by atoms with Gasteiger partial charge in [0.2, 0.25) is 5.78 Å². The summed E-state index contributed by atoms with van der Waals surface area (Å²) in [5.41, 5.74) is 0. The summed E-state index contributed by atoms with van der Waals surface area (Å²) in [7, 11) is 2.97. The van der Waals surface area contributed by atoms with Gasteiger partial charge in [-0.15, -0.1) is 0 Å². The van der Waals surface area contributed by atoms with Crippen LogP contribution in [0.3, 0.4) is 0 Å². The molecule has 0 aliphatic rings. The Morgan fingerprint density at radius 1 is 1.50 bits per heavy atom. The molecule has 5 heteroatoms. The van der Waals surface area contributed by atoms with Gasteiger partial charge < -0.3 is 13.9 Å². The number of ether oxygens (including phenoxy) is 2. The van der Waals surface area contributed by atoms with Crippen LogP contribution in [0.15, 0.2) is 21.2 Å². The van der Waals surface area contributed by atoms with E-state index < -0.39 is 6.29 Å². The van der Waals surface area contributed by atoms with Gasteiger partial charge in [0.15, 0.2) is 16.7 Å². The largest absolute Gasteiger partial charge is 0.446 e. The molecular formula is C9H11BrO4. The number of Topliss-reactive ketones (excluding diaryl/α,β-unsaturated/α-hetero) is 1. The quantitative estimate of drug-likeness (QED) is 0.603. The molecule has 78 valence electrons. The van der Waals surface area contributed by atoms with Gasteiger partial charge in [0.1, 0.15) is 0 Å². The van der Waals surface area contributed by atoms with E-state index in [1.807, 2.05) is 0 Å². The van der Waals surface area contributed by atoms with Gasteiger partial charge >= 0.3 is 0 Å². The minimum absolute atomic E-state index is 0.146. The topological polar surface area (TPSA) is 48.7 Å². The number of carbonyl (C=O) groups is 1. The van der Waals surface area contributed by atoms with Crippen LogP contribution in [0.25, 0.3) is 0 Å². The molecule has 1 heterocycles. The zero-order valence-corrected chi connectivity index (χ0v) is 9.54. The summed E-state index contributed by atoms with van der Waals surface area (Å²) in [5.74, 6) is 0.153. The second kappa shape index (κ2) is 5.29.